The van der Waals surface area contributed by atoms with Crippen molar-refractivity contribution in [2.75, 3.05) is 18.4 Å². The maximum atomic E-state index is 12.6. The molecule has 0 saturated carbocycles. The summed E-state index contributed by atoms with van der Waals surface area (Å²) in [6, 6.07) is 10.4. The van der Waals surface area contributed by atoms with Gasteiger partial charge >= 0.3 is 0 Å². The summed E-state index contributed by atoms with van der Waals surface area (Å²) in [5.74, 6) is -0.110. The van der Waals surface area contributed by atoms with E-state index in [1.807, 2.05) is 19.9 Å². The summed E-state index contributed by atoms with van der Waals surface area (Å²) in [6.07, 6.45) is 0.668. The van der Waals surface area contributed by atoms with Crippen molar-refractivity contribution >= 4 is 17.5 Å². The molecule has 2 amide bonds. The second-order valence-corrected chi connectivity index (χ2v) is 6.10. The number of para-hydroxylation sites is 1. The first kappa shape index (κ1) is 20.2. The van der Waals surface area contributed by atoms with Crippen molar-refractivity contribution in [2.24, 2.45) is 7.05 Å². The van der Waals surface area contributed by atoms with Crippen LogP contribution >= 0.6 is 0 Å². The molecule has 0 aliphatic rings. The monoisotopic (exact) mass is 371 g/mol. The number of hydrogen-bond acceptors (Lipinski definition) is 4. The Labute approximate surface area is 158 Å². The van der Waals surface area contributed by atoms with Crippen LogP contribution in [0, 0.1) is 0 Å². The van der Waals surface area contributed by atoms with Gasteiger partial charge in [-0.25, -0.2) is 0 Å². The van der Waals surface area contributed by atoms with E-state index in [0.717, 1.165) is 0 Å². The Balaban J connectivity index is 2.21. The third-order valence-electron chi connectivity index (χ3n) is 4.16. The highest BCUT2D eigenvalue weighted by molar-refractivity contribution is 5.97. The molecule has 0 saturated heterocycles. The number of amides is 2. The smallest absolute Gasteiger partial charge is 0.274 e. The third kappa shape index (κ3) is 4.97. The van der Waals surface area contributed by atoms with Gasteiger partial charge in [0.1, 0.15) is 11.4 Å². The van der Waals surface area contributed by atoms with Gasteiger partial charge in [-0.3, -0.25) is 14.4 Å². The lowest BCUT2D eigenvalue weighted by atomic mass is 10.2. The minimum absolute atomic E-state index is 0.0454. The van der Waals surface area contributed by atoms with Crippen molar-refractivity contribution in [1.82, 2.24) is 9.47 Å². The molecule has 1 unspecified atom stereocenters. The highest BCUT2D eigenvalue weighted by atomic mass is 16.5. The van der Waals surface area contributed by atoms with E-state index in [1.165, 1.54) is 16.8 Å². The Kier molecular flexibility index (Phi) is 6.76. The predicted molar refractivity (Wildman–Crippen MR) is 104 cm³/mol. The molecule has 0 fully saturated rings. The minimum Gasteiger partial charge on any atom is -0.481 e. The second kappa shape index (κ2) is 9.02. The SMILES string of the molecule is CCN(CC)C(=O)c1cc(NC(=O)C(C)Oc2ccccc2)c(=O)n(C)c1. The fourth-order valence-electron chi connectivity index (χ4n) is 2.60. The Morgan fingerprint density at radius 2 is 1.81 bits per heavy atom. The maximum absolute atomic E-state index is 12.6. The normalized spacial score (nSPS) is 11.6. The van der Waals surface area contributed by atoms with Crippen molar-refractivity contribution in [3.05, 3.63) is 58.5 Å². The molecular weight excluding hydrogens is 346 g/mol. The number of ether oxygens (including phenoxy) is 1. The van der Waals surface area contributed by atoms with Crippen LogP contribution in [0.4, 0.5) is 5.69 Å². The number of benzene rings is 1. The average Bonchev–Trinajstić information content (AvgIpc) is 2.66. The molecule has 2 aromatic rings. The molecule has 1 aromatic carbocycles. The first-order valence-corrected chi connectivity index (χ1v) is 8.89. The van der Waals surface area contributed by atoms with Crippen molar-refractivity contribution in [1.29, 1.82) is 0 Å². The van der Waals surface area contributed by atoms with E-state index in [9.17, 15) is 14.4 Å². The van der Waals surface area contributed by atoms with Crippen LogP contribution in [0.15, 0.2) is 47.4 Å². The van der Waals surface area contributed by atoms with Gasteiger partial charge in [0.05, 0.1) is 5.56 Å². The fraction of sp³-hybridized carbons (Fsp3) is 0.350. The summed E-state index contributed by atoms with van der Waals surface area (Å²) in [6.45, 7) is 6.48. The summed E-state index contributed by atoms with van der Waals surface area (Å²) in [4.78, 5) is 39.0. The molecule has 144 valence electrons. The Morgan fingerprint density at radius 1 is 1.19 bits per heavy atom. The number of anilines is 1. The van der Waals surface area contributed by atoms with Crippen LogP contribution in [0.2, 0.25) is 0 Å². The largest absolute Gasteiger partial charge is 0.481 e. The van der Waals surface area contributed by atoms with Gasteiger partial charge in [-0.2, -0.15) is 0 Å². The number of aromatic nitrogens is 1. The first-order chi connectivity index (χ1) is 12.9. The van der Waals surface area contributed by atoms with Gasteiger partial charge in [-0.15, -0.1) is 0 Å². The number of pyridine rings is 1. The van der Waals surface area contributed by atoms with Gasteiger partial charge in [0.2, 0.25) is 0 Å². The molecule has 0 aliphatic carbocycles. The van der Waals surface area contributed by atoms with Crippen LogP contribution in [-0.2, 0) is 11.8 Å². The number of carbonyl (C=O) groups excluding carboxylic acids is 2. The van der Waals surface area contributed by atoms with Crippen molar-refractivity contribution in [3.63, 3.8) is 0 Å². The number of hydrogen-bond donors (Lipinski definition) is 1. The number of aryl methyl sites for hydroxylation is 1. The topological polar surface area (TPSA) is 80.6 Å². The number of nitrogens with one attached hydrogen (secondary N) is 1. The highest BCUT2D eigenvalue weighted by Gasteiger charge is 2.19. The van der Waals surface area contributed by atoms with Crippen molar-refractivity contribution < 1.29 is 14.3 Å². The number of nitrogens with zero attached hydrogens (tertiary/aromatic N) is 2. The van der Waals surface area contributed by atoms with E-state index in [1.54, 1.807) is 43.1 Å². The molecule has 27 heavy (non-hydrogen) atoms. The molecule has 7 nitrogen and oxygen atoms in total. The lowest BCUT2D eigenvalue weighted by Crippen LogP contribution is -2.35. The zero-order valence-corrected chi connectivity index (χ0v) is 16.1. The zero-order valence-electron chi connectivity index (χ0n) is 16.1. The molecule has 0 radical (unpaired) electrons. The molecular formula is C20H25N3O4. The molecule has 1 atom stereocenters. The van der Waals surface area contributed by atoms with E-state index in [0.29, 0.717) is 24.4 Å². The van der Waals surface area contributed by atoms with Gasteiger partial charge in [0.25, 0.3) is 17.4 Å². The van der Waals surface area contributed by atoms with E-state index in [2.05, 4.69) is 5.32 Å². The minimum atomic E-state index is -0.806. The lowest BCUT2D eigenvalue weighted by molar-refractivity contribution is -0.122. The van der Waals surface area contributed by atoms with Crippen molar-refractivity contribution in [3.8, 4) is 5.75 Å². The summed E-state index contributed by atoms with van der Waals surface area (Å²) < 4.78 is 6.86. The summed E-state index contributed by atoms with van der Waals surface area (Å²) in [5.41, 5.74) is -0.0110. The average molecular weight is 371 g/mol. The van der Waals surface area contributed by atoms with Crippen LogP contribution in [-0.4, -0.2) is 40.5 Å². The number of rotatable bonds is 7. The Hall–Kier alpha value is -3.09. The van der Waals surface area contributed by atoms with Crippen LogP contribution < -0.4 is 15.6 Å². The van der Waals surface area contributed by atoms with Gasteiger partial charge < -0.3 is 19.5 Å². The molecule has 0 bridgehead atoms. The van der Waals surface area contributed by atoms with Crippen LogP contribution in [0.3, 0.4) is 0 Å². The van der Waals surface area contributed by atoms with Gasteiger partial charge in [0.15, 0.2) is 6.10 Å². The summed E-state index contributed by atoms with van der Waals surface area (Å²) in [5, 5.41) is 2.57. The fourth-order valence-corrected chi connectivity index (χ4v) is 2.60. The molecule has 1 N–H and O–H groups in total. The molecule has 1 heterocycles. The van der Waals surface area contributed by atoms with Crippen LogP contribution in [0.25, 0.3) is 0 Å². The zero-order chi connectivity index (χ0) is 20.0. The van der Waals surface area contributed by atoms with E-state index < -0.39 is 17.6 Å². The van der Waals surface area contributed by atoms with Gasteiger partial charge in [0, 0.05) is 26.3 Å². The highest BCUT2D eigenvalue weighted by Crippen LogP contribution is 2.13. The van der Waals surface area contributed by atoms with Crippen LogP contribution in [0.5, 0.6) is 5.75 Å². The van der Waals surface area contributed by atoms with E-state index >= 15 is 0 Å². The Bertz CT molecular complexity index is 857. The second-order valence-electron chi connectivity index (χ2n) is 6.10. The summed E-state index contributed by atoms with van der Waals surface area (Å²) >= 11 is 0. The quantitative estimate of drug-likeness (QED) is 0.810. The maximum Gasteiger partial charge on any atom is 0.274 e. The van der Waals surface area contributed by atoms with Gasteiger partial charge in [-0.1, -0.05) is 18.2 Å². The molecule has 0 aliphatic heterocycles. The third-order valence-corrected chi connectivity index (χ3v) is 4.16. The summed E-state index contributed by atoms with van der Waals surface area (Å²) in [7, 11) is 1.54. The van der Waals surface area contributed by atoms with Crippen molar-refractivity contribution in [2.45, 2.75) is 26.9 Å². The predicted octanol–water partition coefficient (Wildman–Crippen LogP) is 2.27. The molecule has 2 rings (SSSR count). The first-order valence-electron chi connectivity index (χ1n) is 8.89. The van der Waals surface area contributed by atoms with E-state index in [-0.39, 0.29) is 11.6 Å². The van der Waals surface area contributed by atoms with E-state index in [4.69, 9.17) is 4.74 Å². The molecule has 7 heteroatoms. The lowest BCUT2D eigenvalue weighted by Gasteiger charge is -2.20. The molecule has 0 spiro atoms. The molecule has 1 aromatic heterocycles. The number of carbonyl (C=O) groups is 2. The van der Waals surface area contributed by atoms with Crippen LogP contribution in [0.1, 0.15) is 31.1 Å². The standard InChI is InChI=1S/C20H25N3O4/c1-5-23(6-2)19(25)15-12-17(20(26)22(4)13-15)21-18(24)14(3)27-16-10-8-7-9-11-16/h7-14H,5-6H2,1-4H3,(H,21,24). The van der Waals surface area contributed by atoms with Gasteiger partial charge in [-0.05, 0) is 39.0 Å². The Morgan fingerprint density at radius 3 is 2.41 bits per heavy atom.